The van der Waals surface area contributed by atoms with Gasteiger partial charge in [0.25, 0.3) is 0 Å². The standard InChI is InChI=1S/C27H38BN3O4/c1-25(2,3)33-24(32)31-20-14-10-18(11-15-20)22(31)23-29-16-21(30-23)17-8-12-19(13-9-17)28-34-26(4,5)27(6,7)35-28/h8-9,12-13,16,18,20,22H,10-11,14-15H2,1-7H3,(H,29,30). The summed E-state index contributed by atoms with van der Waals surface area (Å²) in [6.45, 7) is 14.0. The first-order valence-electron chi connectivity index (χ1n) is 12.9. The van der Waals surface area contributed by atoms with Gasteiger partial charge >= 0.3 is 13.2 Å². The van der Waals surface area contributed by atoms with E-state index in [1.54, 1.807) is 0 Å². The van der Waals surface area contributed by atoms with Gasteiger partial charge in [-0.3, -0.25) is 4.90 Å². The number of rotatable bonds is 3. The monoisotopic (exact) mass is 479 g/mol. The quantitative estimate of drug-likeness (QED) is 0.611. The molecule has 6 rings (SSSR count). The lowest BCUT2D eigenvalue weighted by molar-refractivity contribution is -0.0439. The Morgan fingerprint density at radius 1 is 1.06 bits per heavy atom. The Bertz CT molecular complexity index is 1060. The molecule has 35 heavy (non-hydrogen) atoms. The van der Waals surface area contributed by atoms with Crippen molar-refractivity contribution < 1.29 is 18.8 Å². The van der Waals surface area contributed by atoms with Crippen LogP contribution in [0.1, 0.15) is 86.0 Å². The van der Waals surface area contributed by atoms with E-state index in [0.717, 1.165) is 48.2 Å². The Hall–Kier alpha value is -2.32. The van der Waals surface area contributed by atoms with Crippen LogP contribution in [0.25, 0.3) is 11.3 Å². The summed E-state index contributed by atoms with van der Waals surface area (Å²) in [7, 11) is -0.383. The summed E-state index contributed by atoms with van der Waals surface area (Å²) in [6.07, 6.45) is 5.94. The minimum atomic E-state index is -0.522. The Balaban J connectivity index is 1.36. The fourth-order valence-electron chi connectivity index (χ4n) is 5.51. The Morgan fingerprint density at radius 3 is 2.23 bits per heavy atom. The van der Waals surface area contributed by atoms with Crippen molar-refractivity contribution in [1.82, 2.24) is 14.9 Å². The fraction of sp³-hybridized carbons (Fsp3) is 0.630. The number of hydrogen-bond acceptors (Lipinski definition) is 5. The molecule has 1 aliphatic carbocycles. The molecule has 1 aromatic heterocycles. The van der Waals surface area contributed by atoms with Gasteiger partial charge in [-0.1, -0.05) is 24.3 Å². The number of aromatic nitrogens is 2. The number of amides is 1. The molecule has 2 aromatic rings. The number of ether oxygens (including phenoxy) is 1. The number of H-pyrrole nitrogens is 1. The number of hydrogen-bond donors (Lipinski definition) is 1. The number of nitrogens with one attached hydrogen (secondary N) is 1. The van der Waals surface area contributed by atoms with E-state index < -0.39 is 5.60 Å². The summed E-state index contributed by atoms with van der Waals surface area (Å²) in [5.41, 5.74) is 1.71. The number of nitrogens with zero attached hydrogens (tertiary/aromatic N) is 2. The lowest BCUT2D eigenvalue weighted by atomic mass is 9.74. The molecule has 1 aromatic carbocycles. The van der Waals surface area contributed by atoms with Gasteiger partial charge in [-0.05, 0) is 91.1 Å². The third kappa shape index (κ3) is 4.51. The number of carbonyl (C=O) groups is 1. The molecule has 0 radical (unpaired) electrons. The molecule has 0 spiro atoms. The van der Waals surface area contributed by atoms with Crippen molar-refractivity contribution in [1.29, 1.82) is 0 Å². The number of carbonyl (C=O) groups excluding carboxylic acids is 1. The lowest BCUT2D eigenvalue weighted by Crippen LogP contribution is -2.54. The molecule has 2 bridgehead atoms. The zero-order chi connectivity index (χ0) is 25.2. The van der Waals surface area contributed by atoms with Crippen LogP contribution in [0.4, 0.5) is 4.79 Å². The van der Waals surface area contributed by atoms with Crippen molar-refractivity contribution >= 4 is 18.7 Å². The predicted octanol–water partition coefficient (Wildman–Crippen LogP) is 5.23. The molecule has 4 heterocycles. The maximum absolute atomic E-state index is 13.2. The van der Waals surface area contributed by atoms with Crippen LogP contribution >= 0.6 is 0 Å². The second kappa shape index (κ2) is 8.37. The van der Waals surface area contributed by atoms with E-state index in [4.69, 9.17) is 19.0 Å². The third-order valence-electron chi connectivity index (χ3n) is 8.11. The summed E-state index contributed by atoms with van der Waals surface area (Å²) in [4.78, 5) is 23.4. The van der Waals surface area contributed by atoms with E-state index in [1.807, 2.05) is 44.0 Å². The van der Waals surface area contributed by atoms with E-state index in [1.165, 1.54) is 0 Å². The summed E-state index contributed by atoms with van der Waals surface area (Å²) < 4.78 is 18.2. The highest BCUT2D eigenvalue weighted by molar-refractivity contribution is 6.62. The summed E-state index contributed by atoms with van der Waals surface area (Å²) >= 11 is 0. The number of fused-ring (bicyclic) bond motifs is 3. The SMILES string of the molecule is CC(C)(C)OC(=O)N1C2CCC(CC2)C1c1ncc(-c2ccc(B3OC(C)(C)C(C)(C)O3)cc2)[nH]1. The molecule has 1 amide bonds. The van der Waals surface area contributed by atoms with Gasteiger partial charge in [0.1, 0.15) is 11.4 Å². The average molecular weight is 479 g/mol. The molecule has 1 atom stereocenters. The highest BCUT2D eigenvalue weighted by Crippen LogP contribution is 2.47. The van der Waals surface area contributed by atoms with E-state index >= 15 is 0 Å². The van der Waals surface area contributed by atoms with Crippen LogP contribution in [-0.4, -0.2) is 50.9 Å². The molecule has 7 nitrogen and oxygen atoms in total. The summed E-state index contributed by atoms with van der Waals surface area (Å²) in [5, 5.41) is 0. The Morgan fingerprint density at radius 2 is 1.66 bits per heavy atom. The maximum Gasteiger partial charge on any atom is 0.494 e. The van der Waals surface area contributed by atoms with Crippen molar-refractivity contribution in [3.63, 3.8) is 0 Å². The lowest BCUT2D eigenvalue weighted by Gasteiger charge is -2.50. The second-order valence-corrected chi connectivity index (χ2v) is 12.3. The fourth-order valence-corrected chi connectivity index (χ4v) is 5.51. The molecule has 3 saturated heterocycles. The van der Waals surface area contributed by atoms with Crippen LogP contribution in [0.2, 0.25) is 0 Å². The van der Waals surface area contributed by atoms with E-state index in [-0.39, 0.29) is 36.5 Å². The smallest absolute Gasteiger partial charge is 0.444 e. The van der Waals surface area contributed by atoms with Crippen molar-refractivity contribution in [3.8, 4) is 11.3 Å². The van der Waals surface area contributed by atoms with Crippen molar-refractivity contribution in [2.75, 3.05) is 0 Å². The van der Waals surface area contributed by atoms with Crippen LogP contribution in [0.3, 0.4) is 0 Å². The number of aromatic amines is 1. The van der Waals surface area contributed by atoms with Gasteiger partial charge in [0, 0.05) is 6.04 Å². The highest BCUT2D eigenvalue weighted by Gasteiger charge is 2.52. The van der Waals surface area contributed by atoms with Crippen molar-refractivity contribution in [2.24, 2.45) is 5.92 Å². The number of benzene rings is 1. The van der Waals surface area contributed by atoms with Crippen LogP contribution in [0.5, 0.6) is 0 Å². The van der Waals surface area contributed by atoms with Gasteiger partial charge in [-0.2, -0.15) is 0 Å². The topological polar surface area (TPSA) is 76.7 Å². The van der Waals surface area contributed by atoms with Gasteiger partial charge in [0.05, 0.1) is 29.1 Å². The van der Waals surface area contributed by atoms with Crippen LogP contribution in [0.15, 0.2) is 30.5 Å². The number of piperidine rings is 2. The van der Waals surface area contributed by atoms with E-state index in [9.17, 15) is 4.79 Å². The molecule has 1 saturated carbocycles. The second-order valence-electron chi connectivity index (χ2n) is 12.3. The molecule has 1 unspecified atom stereocenters. The molecule has 1 N–H and O–H groups in total. The first-order valence-corrected chi connectivity index (χ1v) is 12.9. The predicted molar refractivity (Wildman–Crippen MR) is 136 cm³/mol. The Kier molecular flexibility index (Phi) is 5.83. The zero-order valence-corrected chi connectivity index (χ0v) is 22.1. The van der Waals surface area contributed by atoms with Gasteiger partial charge < -0.3 is 19.0 Å². The largest absolute Gasteiger partial charge is 0.494 e. The van der Waals surface area contributed by atoms with E-state index in [2.05, 4.69) is 44.8 Å². The van der Waals surface area contributed by atoms with E-state index in [0.29, 0.717) is 5.92 Å². The highest BCUT2D eigenvalue weighted by atomic mass is 16.7. The Labute approximate surface area is 209 Å². The summed E-state index contributed by atoms with van der Waals surface area (Å²) in [6, 6.07) is 8.37. The summed E-state index contributed by atoms with van der Waals surface area (Å²) in [5.74, 6) is 1.24. The van der Waals surface area contributed by atoms with Gasteiger partial charge in [-0.25, -0.2) is 9.78 Å². The van der Waals surface area contributed by atoms with Crippen molar-refractivity contribution in [3.05, 3.63) is 36.3 Å². The molecule has 8 heteroatoms. The average Bonchev–Trinajstić information content (AvgIpc) is 3.35. The van der Waals surface area contributed by atoms with Crippen LogP contribution < -0.4 is 5.46 Å². The molecule has 4 aliphatic rings. The number of imidazole rings is 1. The zero-order valence-electron chi connectivity index (χ0n) is 22.1. The maximum atomic E-state index is 13.2. The molecule has 4 fully saturated rings. The first kappa shape index (κ1) is 24.4. The van der Waals surface area contributed by atoms with Crippen molar-refractivity contribution in [2.45, 2.75) is 103 Å². The van der Waals surface area contributed by atoms with Gasteiger partial charge in [-0.15, -0.1) is 0 Å². The minimum absolute atomic E-state index is 0.0740. The first-order chi connectivity index (χ1) is 16.3. The minimum Gasteiger partial charge on any atom is -0.444 e. The van der Waals surface area contributed by atoms with Gasteiger partial charge in [0.15, 0.2) is 0 Å². The third-order valence-corrected chi connectivity index (χ3v) is 8.11. The molecular weight excluding hydrogens is 441 g/mol. The van der Waals surface area contributed by atoms with Gasteiger partial charge in [0.2, 0.25) is 0 Å². The normalized spacial score (nSPS) is 27.3. The molecular formula is C27H38BN3O4. The molecule has 3 aliphatic heterocycles. The molecule has 188 valence electrons. The van der Waals surface area contributed by atoms with Crippen LogP contribution in [0, 0.1) is 5.92 Å². The van der Waals surface area contributed by atoms with Crippen LogP contribution in [-0.2, 0) is 14.0 Å².